The molecule has 1 aliphatic rings. The summed E-state index contributed by atoms with van der Waals surface area (Å²) in [5, 5.41) is 3.40. The summed E-state index contributed by atoms with van der Waals surface area (Å²) >= 11 is 0. The van der Waals surface area contributed by atoms with Gasteiger partial charge in [-0.3, -0.25) is 0 Å². The van der Waals surface area contributed by atoms with Crippen LogP contribution in [0.25, 0.3) is 34.7 Å². The van der Waals surface area contributed by atoms with Crippen LogP contribution >= 0.6 is 0 Å². The predicted molar refractivity (Wildman–Crippen MR) is 128 cm³/mol. The summed E-state index contributed by atoms with van der Waals surface area (Å²) in [6.07, 6.45) is 4.06. The van der Waals surface area contributed by atoms with E-state index in [0.717, 1.165) is 44.8 Å². The molecule has 0 spiro atoms. The third kappa shape index (κ3) is 3.52. The van der Waals surface area contributed by atoms with Crippen molar-refractivity contribution in [1.29, 1.82) is 0 Å². The smallest absolute Gasteiger partial charge is 0.227 e. The lowest BCUT2D eigenvalue weighted by Gasteiger charge is -2.11. The van der Waals surface area contributed by atoms with Gasteiger partial charge in [0.05, 0.1) is 5.69 Å². The van der Waals surface area contributed by atoms with Gasteiger partial charge in [-0.05, 0) is 47.5 Å². The molecule has 1 atom stereocenters. The second kappa shape index (κ2) is 7.75. The SMILES string of the molecule is C(=C\c1ccc(C2Nc3ccccc3O2)cc1)/c1ccc(-c2nc3ccccc3o2)cc1. The molecule has 4 heteroatoms. The van der Waals surface area contributed by atoms with Crippen molar-refractivity contribution in [2.24, 2.45) is 0 Å². The van der Waals surface area contributed by atoms with Crippen LogP contribution in [-0.2, 0) is 0 Å². The molecule has 0 saturated heterocycles. The Hall–Kier alpha value is -4.31. The quantitative estimate of drug-likeness (QED) is 0.316. The molecule has 1 aromatic heterocycles. The number of rotatable bonds is 4. The minimum absolute atomic E-state index is 0.148. The van der Waals surface area contributed by atoms with Crippen LogP contribution in [0, 0.1) is 0 Å². The van der Waals surface area contributed by atoms with Crippen LogP contribution in [0.5, 0.6) is 5.75 Å². The Morgan fingerprint density at radius 3 is 2.16 bits per heavy atom. The second-order valence-electron chi connectivity index (χ2n) is 7.75. The van der Waals surface area contributed by atoms with Gasteiger partial charge in [0, 0.05) is 11.1 Å². The average molecular weight is 416 g/mol. The average Bonchev–Trinajstić information content (AvgIpc) is 3.48. The molecule has 1 unspecified atom stereocenters. The Morgan fingerprint density at radius 1 is 0.719 bits per heavy atom. The van der Waals surface area contributed by atoms with Crippen LogP contribution in [0.2, 0.25) is 0 Å². The first kappa shape index (κ1) is 18.5. The van der Waals surface area contributed by atoms with Crippen molar-refractivity contribution in [3.05, 3.63) is 114 Å². The molecule has 0 radical (unpaired) electrons. The lowest BCUT2D eigenvalue weighted by molar-refractivity contribution is 0.260. The zero-order valence-corrected chi connectivity index (χ0v) is 17.2. The molecule has 0 amide bonds. The third-order valence-electron chi connectivity index (χ3n) is 5.58. The van der Waals surface area contributed by atoms with Gasteiger partial charge in [0.1, 0.15) is 11.3 Å². The monoisotopic (exact) mass is 416 g/mol. The van der Waals surface area contributed by atoms with Crippen molar-refractivity contribution < 1.29 is 9.15 Å². The van der Waals surface area contributed by atoms with Crippen LogP contribution in [0.1, 0.15) is 22.9 Å². The molecule has 4 nitrogen and oxygen atoms in total. The Labute approximate surface area is 185 Å². The van der Waals surface area contributed by atoms with Gasteiger partial charge in [-0.25, -0.2) is 4.98 Å². The van der Waals surface area contributed by atoms with E-state index in [1.807, 2.05) is 60.7 Å². The molecule has 1 aliphatic heterocycles. The first-order valence-electron chi connectivity index (χ1n) is 10.6. The van der Waals surface area contributed by atoms with Gasteiger partial charge >= 0.3 is 0 Å². The van der Waals surface area contributed by atoms with Crippen LogP contribution in [-0.4, -0.2) is 4.98 Å². The molecule has 4 aromatic carbocycles. The highest BCUT2D eigenvalue weighted by Crippen LogP contribution is 2.37. The number of aromatic nitrogens is 1. The Morgan fingerprint density at radius 2 is 1.41 bits per heavy atom. The lowest BCUT2D eigenvalue weighted by Crippen LogP contribution is -2.09. The van der Waals surface area contributed by atoms with Crippen molar-refractivity contribution in [2.75, 3.05) is 5.32 Å². The molecule has 2 heterocycles. The minimum Gasteiger partial charge on any atom is -0.464 e. The minimum atomic E-state index is -0.148. The molecule has 5 aromatic rings. The highest BCUT2D eigenvalue weighted by atomic mass is 16.5. The Kier molecular flexibility index (Phi) is 4.47. The second-order valence-corrected chi connectivity index (χ2v) is 7.75. The van der Waals surface area contributed by atoms with Gasteiger partial charge < -0.3 is 14.5 Å². The number of anilines is 1. The fourth-order valence-corrected chi connectivity index (χ4v) is 3.84. The van der Waals surface area contributed by atoms with Crippen molar-refractivity contribution in [3.8, 4) is 17.2 Å². The molecule has 6 rings (SSSR count). The van der Waals surface area contributed by atoms with E-state index in [9.17, 15) is 0 Å². The fraction of sp³-hybridized carbons (Fsp3) is 0.0357. The van der Waals surface area contributed by atoms with Crippen LogP contribution in [0.15, 0.2) is 101 Å². The van der Waals surface area contributed by atoms with Gasteiger partial charge in [-0.1, -0.05) is 72.8 Å². The third-order valence-corrected chi connectivity index (χ3v) is 5.58. The molecule has 0 aliphatic carbocycles. The lowest BCUT2D eigenvalue weighted by atomic mass is 10.1. The van der Waals surface area contributed by atoms with E-state index in [1.54, 1.807) is 0 Å². The summed E-state index contributed by atoms with van der Waals surface area (Å²) < 4.78 is 11.8. The first-order valence-corrected chi connectivity index (χ1v) is 10.6. The largest absolute Gasteiger partial charge is 0.464 e. The zero-order chi connectivity index (χ0) is 21.3. The van der Waals surface area contributed by atoms with Gasteiger partial charge in [0.2, 0.25) is 5.89 Å². The van der Waals surface area contributed by atoms with Crippen molar-refractivity contribution in [2.45, 2.75) is 6.23 Å². The predicted octanol–water partition coefficient (Wildman–Crippen LogP) is 7.17. The summed E-state index contributed by atoms with van der Waals surface area (Å²) in [5.41, 5.74) is 7.02. The number of ether oxygens (including phenoxy) is 1. The van der Waals surface area contributed by atoms with Crippen molar-refractivity contribution >= 4 is 28.9 Å². The van der Waals surface area contributed by atoms with Gasteiger partial charge in [0.25, 0.3) is 0 Å². The topological polar surface area (TPSA) is 47.3 Å². The zero-order valence-electron chi connectivity index (χ0n) is 17.2. The number of nitrogens with one attached hydrogen (secondary N) is 1. The number of benzene rings is 4. The van der Waals surface area contributed by atoms with Crippen molar-refractivity contribution in [1.82, 2.24) is 4.98 Å². The van der Waals surface area contributed by atoms with Gasteiger partial charge in [-0.15, -0.1) is 0 Å². The van der Waals surface area contributed by atoms with Gasteiger partial charge in [0.15, 0.2) is 11.8 Å². The van der Waals surface area contributed by atoms with E-state index >= 15 is 0 Å². The molecule has 0 bridgehead atoms. The summed E-state index contributed by atoms with van der Waals surface area (Å²) in [6.45, 7) is 0. The molecule has 0 saturated carbocycles. The maximum Gasteiger partial charge on any atom is 0.227 e. The number of hydrogen-bond donors (Lipinski definition) is 1. The summed E-state index contributed by atoms with van der Waals surface area (Å²) in [5.74, 6) is 1.53. The van der Waals surface area contributed by atoms with Crippen LogP contribution < -0.4 is 10.1 Å². The number of oxazole rings is 1. The number of para-hydroxylation sites is 4. The standard InChI is InChI=1S/C28H20N2O2/c1-3-7-25-23(5-1)29-27(31-25)21-15-11-19(12-16-21)9-10-20-13-17-22(18-14-20)28-30-24-6-2-4-8-26(24)32-28/h1-18,27,29H/b10-9+. The Bertz CT molecular complexity index is 1360. The summed E-state index contributed by atoms with van der Waals surface area (Å²) in [7, 11) is 0. The van der Waals surface area contributed by atoms with E-state index in [2.05, 4.69) is 58.9 Å². The maximum atomic E-state index is 5.99. The molecule has 154 valence electrons. The van der Waals surface area contributed by atoms with E-state index in [0.29, 0.717) is 5.89 Å². The number of fused-ring (bicyclic) bond motifs is 2. The maximum absolute atomic E-state index is 5.99. The Balaban J connectivity index is 1.14. The van der Waals surface area contributed by atoms with Crippen LogP contribution in [0.3, 0.4) is 0 Å². The summed E-state index contributed by atoms with van der Waals surface area (Å²) in [4.78, 5) is 4.56. The molecular formula is C28H20N2O2. The van der Waals surface area contributed by atoms with E-state index in [4.69, 9.17) is 9.15 Å². The molecule has 32 heavy (non-hydrogen) atoms. The highest BCUT2D eigenvalue weighted by molar-refractivity contribution is 5.76. The highest BCUT2D eigenvalue weighted by Gasteiger charge is 2.22. The first-order chi connectivity index (χ1) is 15.8. The van der Waals surface area contributed by atoms with E-state index < -0.39 is 0 Å². The number of nitrogens with zero attached hydrogens (tertiary/aromatic N) is 1. The van der Waals surface area contributed by atoms with E-state index in [-0.39, 0.29) is 6.23 Å². The molecule has 0 fully saturated rings. The number of hydrogen-bond acceptors (Lipinski definition) is 4. The molecule has 1 N–H and O–H groups in total. The molecular weight excluding hydrogens is 396 g/mol. The van der Waals surface area contributed by atoms with E-state index in [1.165, 1.54) is 0 Å². The van der Waals surface area contributed by atoms with Crippen molar-refractivity contribution in [3.63, 3.8) is 0 Å². The van der Waals surface area contributed by atoms with Gasteiger partial charge in [-0.2, -0.15) is 0 Å². The summed E-state index contributed by atoms with van der Waals surface area (Å²) in [6, 6.07) is 32.4. The fourth-order valence-electron chi connectivity index (χ4n) is 3.84. The normalized spacial score (nSPS) is 14.9. The van der Waals surface area contributed by atoms with Crippen LogP contribution in [0.4, 0.5) is 5.69 Å².